The molecule has 0 saturated carbocycles. The van der Waals surface area contributed by atoms with E-state index in [9.17, 15) is 0 Å². The van der Waals surface area contributed by atoms with Crippen LogP contribution in [0.5, 0.6) is 0 Å². The third kappa shape index (κ3) is 7.17. The van der Waals surface area contributed by atoms with E-state index in [1.165, 1.54) is 23.1 Å². The van der Waals surface area contributed by atoms with Gasteiger partial charge in [-0.25, -0.2) is 0 Å². The number of hydrogen-bond donors (Lipinski definition) is 1. The van der Waals surface area contributed by atoms with E-state index in [1.807, 2.05) is 41.5 Å². The van der Waals surface area contributed by atoms with Crippen molar-refractivity contribution < 1.29 is 0 Å². The quantitative estimate of drug-likeness (QED) is 0.688. The average molecular weight is 237 g/mol. The van der Waals surface area contributed by atoms with Crippen LogP contribution in [0.3, 0.4) is 0 Å². The zero-order valence-corrected chi connectivity index (χ0v) is 12.9. The second-order valence-electron chi connectivity index (χ2n) is 3.20. The molecule has 0 amide bonds. The smallest absolute Gasteiger partial charge is 0.0208 e. The minimum atomic E-state index is 1.05. The molecule has 0 saturated heterocycles. The lowest BCUT2D eigenvalue weighted by molar-refractivity contribution is 0.643. The molecule has 1 heterocycles. The van der Waals surface area contributed by atoms with E-state index in [1.54, 1.807) is 0 Å². The van der Waals surface area contributed by atoms with Crippen LogP contribution in [-0.2, 0) is 13.0 Å². The van der Waals surface area contributed by atoms with Crippen LogP contribution in [0, 0.1) is 6.92 Å². The Kier molecular flexibility index (Phi) is 14.4. The summed E-state index contributed by atoms with van der Waals surface area (Å²) in [6, 6.07) is 6.72. The van der Waals surface area contributed by atoms with Crippen LogP contribution >= 0.6 is 0 Å². The Morgan fingerprint density at radius 1 is 0.882 bits per heavy atom. The fourth-order valence-electron chi connectivity index (χ4n) is 1.61. The fraction of sp³-hybridized carbons (Fsp3) is 0.625. The number of benzene rings is 1. The lowest BCUT2D eigenvalue weighted by atomic mass is 9.99. The first-order chi connectivity index (χ1) is 8.36. The minimum absolute atomic E-state index is 1.05. The third-order valence-electron chi connectivity index (χ3n) is 2.25. The molecule has 100 valence electrons. The van der Waals surface area contributed by atoms with Crippen molar-refractivity contribution in [1.82, 2.24) is 5.32 Å². The molecule has 2 rings (SSSR count). The van der Waals surface area contributed by atoms with Crippen molar-refractivity contribution in [3.8, 4) is 0 Å². The minimum Gasteiger partial charge on any atom is -0.312 e. The average Bonchev–Trinajstić information content (AvgIpc) is 2.45. The maximum absolute atomic E-state index is 3.36. The highest BCUT2D eigenvalue weighted by molar-refractivity contribution is 5.32. The predicted molar refractivity (Wildman–Crippen MR) is 80.6 cm³/mol. The molecule has 1 aromatic rings. The summed E-state index contributed by atoms with van der Waals surface area (Å²) >= 11 is 0. The SMILES string of the molecule is CC.CC.CC.Cc1ccc2c(c1)CCNC2. The Morgan fingerprint density at radius 2 is 1.47 bits per heavy atom. The zero-order valence-electron chi connectivity index (χ0n) is 12.9. The summed E-state index contributed by atoms with van der Waals surface area (Å²) < 4.78 is 0. The molecule has 1 nitrogen and oxygen atoms in total. The first-order valence-corrected chi connectivity index (χ1v) is 7.15. The van der Waals surface area contributed by atoms with Gasteiger partial charge < -0.3 is 5.32 Å². The summed E-state index contributed by atoms with van der Waals surface area (Å²) in [5, 5.41) is 3.36. The Bertz CT molecular complexity index is 266. The molecule has 0 atom stereocenters. The topological polar surface area (TPSA) is 12.0 Å². The van der Waals surface area contributed by atoms with E-state index >= 15 is 0 Å². The molecule has 1 N–H and O–H groups in total. The van der Waals surface area contributed by atoms with E-state index in [-0.39, 0.29) is 0 Å². The van der Waals surface area contributed by atoms with Gasteiger partial charge in [-0.05, 0) is 31.0 Å². The maximum Gasteiger partial charge on any atom is 0.0208 e. The van der Waals surface area contributed by atoms with E-state index in [4.69, 9.17) is 0 Å². The van der Waals surface area contributed by atoms with Crippen molar-refractivity contribution in [3.05, 3.63) is 34.9 Å². The van der Waals surface area contributed by atoms with E-state index < -0.39 is 0 Å². The van der Waals surface area contributed by atoms with Gasteiger partial charge >= 0.3 is 0 Å². The predicted octanol–water partition coefficient (Wildman–Crippen LogP) is 4.72. The van der Waals surface area contributed by atoms with Gasteiger partial charge in [-0.1, -0.05) is 65.3 Å². The highest BCUT2D eigenvalue weighted by Crippen LogP contribution is 2.14. The van der Waals surface area contributed by atoms with Gasteiger partial charge in [0.25, 0.3) is 0 Å². The summed E-state index contributed by atoms with van der Waals surface area (Å²) in [4.78, 5) is 0. The van der Waals surface area contributed by atoms with Gasteiger partial charge in [-0.15, -0.1) is 0 Å². The highest BCUT2D eigenvalue weighted by Gasteiger charge is 2.06. The summed E-state index contributed by atoms with van der Waals surface area (Å²) in [5.41, 5.74) is 4.39. The standard InChI is InChI=1S/C10H13N.3C2H6/c1-8-2-3-10-7-11-5-4-9(10)6-8;3*1-2/h2-3,6,11H,4-5,7H2,1H3;3*1-2H3. The van der Waals surface area contributed by atoms with Crippen molar-refractivity contribution >= 4 is 0 Å². The molecule has 0 spiro atoms. The molecule has 1 aliphatic rings. The molecule has 1 aliphatic heterocycles. The molecular formula is C16H31N. The summed E-state index contributed by atoms with van der Waals surface area (Å²) in [5.74, 6) is 0. The zero-order chi connectivity index (χ0) is 13.7. The number of rotatable bonds is 0. The van der Waals surface area contributed by atoms with Crippen molar-refractivity contribution in [3.63, 3.8) is 0 Å². The van der Waals surface area contributed by atoms with Crippen LogP contribution in [0.1, 0.15) is 58.2 Å². The second-order valence-corrected chi connectivity index (χ2v) is 3.20. The first-order valence-electron chi connectivity index (χ1n) is 7.15. The van der Waals surface area contributed by atoms with Crippen molar-refractivity contribution in [1.29, 1.82) is 0 Å². The molecular weight excluding hydrogens is 206 g/mol. The van der Waals surface area contributed by atoms with Gasteiger partial charge in [0.15, 0.2) is 0 Å². The van der Waals surface area contributed by atoms with Crippen LogP contribution in [-0.4, -0.2) is 6.54 Å². The lowest BCUT2D eigenvalue weighted by Gasteiger charge is -2.16. The van der Waals surface area contributed by atoms with E-state index in [0.717, 1.165) is 13.1 Å². The monoisotopic (exact) mass is 237 g/mol. The maximum atomic E-state index is 3.36. The summed E-state index contributed by atoms with van der Waals surface area (Å²) in [6.45, 7) is 16.3. The molecule has 0 unspecified atom stereocenters. The highest BCUT2D eigenvalue weighted by atomic mass is 14.9. The Hall–Kier alpha value is -0.820. The number of nitrogens with one attached hydrogen (secondary N) is 1. The second kappa shape index (κ2) is 13.2. The fourth-order valence-corrected chi connectivity index (χ4v) is 1.61. The largest absolute Gasteiger partial charge is 0.312 e. The van der Waals surface area contributed by atoms with Gasteiger partial charge in [0.2, 0.25) is 0 Å². The van der Waals surface area contributed by atoms with Crippen LogP contribution in [0.4, 0.5) is 0 Å². The van der Waals surface area contributed by atoms with Gasteiger partial charge in [-0.3, -0.25) is 0 Å². The van der Waals surface area contributed by atoms with Crippen LogP contribution < -0.4 is 5.32 Å². The summed E-state index contributed by atoms with van der Waals surface area (Å²) in [7, 11) is 0. The number of hydrogen-bond acceptors (Lipinski definition) is 1. The van der Waals surface area contributed by atoms with Crippen molar-refractivity contribution in [2.24, 2.45) is 0 Å². The number of aryl methyl sites for hydroxylation is 1. The molecule has 0 aromatic heterocycles. The van der Waals surface area contributed by atoms with Gasteiger partial charge in [0.05, 0.1) is 0 Å². The van der Waals surface area contributed by atoms with Gasteiger partial charge in [0.1, 0.15) is 0 Å². The molecule has 1 heteroatoms. The van der Waals surface area contributed by atoms with Crippen molar-refractivity contribution in [2.45, 2.75) is 61.4 Å². The molecule has 0 fully saturated rings. The molecule has 0 bridgehead atoms. The normalized spacial score (nSPS) is 11.5. The summed E-state index contributed by atoms with van der Waals surface area (Å²) in [6.07, 6.45) is 1.19. The van der Waals surface area contributed by atoms with Crippen LogP contribution in [0.15, 0.2) is 18.2 Å². The number of fused-ring (bicyclic) bond motifs is 1. The Balaban J connectivity index is 0. The molecule has 0 aliphatic carbocycles. The van der Waals surface area contributed by atoms with Gasteiger partial charge in [-0.2, -0.15) is 0 Å². The van der Waals surface area contributed by atoms with Crippen LogP contribution in [0.25, 0.3) is 0 Å². The Morgan fingerprint density at radius 3 is 2.06 bits per heavy atom. The van der Waals surface area contributed by atoms with E-state index in [2.05, 4.69) is 30.4 Å². The van der Waals surface area contributed by atoms with Crippen molar-refractivity contribution in [2.75, 3.05) is 6.54 Å². The lowest BCUT2D eigenvalue weighted by Crippen LogP contribution is -2.23. The van der Waals surface area contributed by atoms with Crippen LogP contribution in [0.2, 0.25) is 0 Å². The molecule has 1 aromatic carbocycles. The molecule has 0 radical (unpaired) electrons. The third-order valence-corrected chi connectivity index (χ3v) is 2.25. The Labute approximate surface area is 109 Å². The molecule has 17 heavy (non-hydrogen) atoms. The van der Waals surface area contributed by atoms with E-state index in [0.29, 0.717) is 0 Å². The van der Waals surface area contributed by atoms with Gasteiger partial charge in [0, 0.05) is 6.54 Å². The first kappa shape index (κ1) is 18.5.